The first-order valence-electron chi connectivity index (χ1n) is 21.5. The fourth-order valence-electron chi connectivity index (χ4n) is 8.24. The summed E-state index contributed by atoms with van der Waals surface area (Å²) in [5.74, 6) is -8.81. The Morgan fingerprint density at radius 2 is 0.982 bits per heavy atom. The van der Waals surface area contributed by atoms with Crippen LogP contribution in [0.2, 0.25) is 0 Å². The van der Waals surface area contributed by atoms with Crippen molar-refractivity contribution in [3.05, 3.63) is 0 Å². The Morgan fingerprint density at radius 1 is 0.582 bits per heavy atom. The molecule has 55 heavy (non-hydrogen) atoms. The molecule has 2 fully saturated rings. The Bertz CT molecular complexity index is 1100. The van der Waals surface area contributed by atoms with Gasteiger partial charge in [0.05, 0.1) is 18.3 Å². The molecule has 0 radical (unpaired) electrons. The van der Waals surface area contributed by atoms with Gasteiger partial charge < -0.3 is 20.1 Å². The summed E-state index contributed by atoms with van der Waals surface area (Å²) in [5, 5.41) is 29.0. The lowest BCUT2D eigenvalue weighted by Crippen LogP contribution is -2.29. The number of alkyl halides is 4. The van der Waals surface area contributed by atoms with Crippen LogP contribution < -0.4 is 0 Å². The van der Waals surface area contributed by atoms with Gasteiger partial charge in [-0.2, -0.15) is 17.6 Å². The van der Waals surface area contributed by atoms with Crippen LogP contribution in [0.15, 0.2) is 0 Å². The molecule has 0 saturated heterocycles. The second kappa shape index (κ2) is 27.5. The van der Waals surface area contributed by atoms with Crippen molar-refractivity contribution in [1.29, 1.82) is 0 Å². The number of aliphatic hydroxyl groups excluding tert-OH is 2. The standard InChI is InChI=1S/C23H40F2O4.C20H34F2O4/c1-4-5-16-23(24,25)21(27)15-13-18-12-14-20(26)19(18)10-8-6-7-9-11-22(28)29-17(2)3;1-2-3-14-20(21,22)18(24)13-11-15-10-12-17(23)16(15)8-6-4-5-7-9-19(25)26/h17-20,26H,4-16H2,1-3H3;15-17,23H,2-14H2,1H3,(H,25,26)/t18-,19-,20+;15-,16-,17+/m11/s1. The van der Waals surface area contributed by atoms with E-state index in [1.54, 1.807) is 0 Å². The SMILES string of the molecule is CCCCC(F)(F)C(=O)CC[C@H]1CC[C@H](O)[C@@H]1CCCCCCC(=O)O.CCCCC(F)(F)C(=O)CC[C@H]1CC[C@H](O)[C@@H]1CCCCCCC(=O)OC(C)C. The number of esters is 1. The number of hydrogen-bond donors (Lipinski definition) is 3. The van der Waals surface area contributed by atoms with E-state index in [2.05, 4.69) is 0 Å². The summed E-state index contributed by atoms with van der Waals surface area (Å²) < 4.78 is 60.4. The van der Waals surface area contributed by atoms with E-state index in [0.29, 0.717) is 64.2 Å². The van der Waals surface area contributed by atoms with Gasteiger partial charge in [-0.25, -0.2) is 0 Å². The number of carbonyl (C=O) groups is 4. The van der Waals surface area contributed by atoms with Crippen LogP contribution in [0.4, 0.5) is 17.6 Å². The van der Waals surface area contributed by atoms with Gasteiger partial charge in [-0.05, 0) is 115 Å². The Morgan fingerprint density at radius 3 is 1.36 bits per heavy atom. The zero-order valence-corrected chi connectivity index (χ0v) is 34.3. The highest BCUT2D eigenvalue weighted by atomic mass is 19.3. The lowest BCUT2D eigenvalue weighted by molar-refractivity contribution is -0.147. The number of aliphatic carboxylic acids is 1. The van der Waals surface area contributed by atoms with E-state index in [9.17, 15) is 47.0 Å². The molecule has 0 unspecified atom stereocenters. The molecule has 0 heterocycles. The predicted molar refractivity (Wildman–Crippen MR) is 206 cm³/mol. The van der Waals surface area contributed by atoms with Crippen molar-refractivity contribution in [3.8, 4) is 0 Å². The summed E-state index contributed by atoms with van der Waals surface area (Å²) >= 11 is 0. The maximum atomic E-state index is 13.9. The van der Waals surface area contributed by atoms with Gasteiger partial charge >= 0.3 is 23.8 Å². The number of Topliss-reactive ketones (excluding diaryl/α,β-unsaturated/α-hetero) is 2. The zero-order valence-electron chi connectivity index (χ0n) is 34.3. The zero-order chi connectivity index (χ0) is 41.4. The van der Waals surface area contributed by atoms with Gasteiger partial charge in [-0.1, -0.05) is 65.2 Å². The number of hydrogen-bond acceptors (Lipinski definition) is 7. The molecule has 3 N–H and O–H groups in total. The summed E-state index contributed by atoms with van der Waals surface area (Å²) in [6.45, 7) is 7.33. The highest BCUT2D eigenvalue weighted by molar-refractivity contribution is 5.86. The number of aliphatic hydroxyl groups is 2. The molecule has 6 atom stereocenters. The van der Waals surface area contributed by atoms with E-state index in [0.717, 1.165) is 70.6 Å². The fraction of sp³-hybridized carbons (Fsp3) is 0.907. The third-order valence-corrected chi connectivity index (χ3v) is 11.6. The number of halogens is 4. The number of carbonyl (C=O) groups excluding carboxylic acids is 3. The van der Waals surface area contributed by atoms with Crippen LogP contribution >= 0.6 is 0 Å². The molecule has 322 valence electrons. The molecule has 0 aromatic rings. The van der Waals surface area contributed by atoms with E-state index < -0.39 is 41.6 Å². The van der Waals surface area contributed by atoms with Crippen molar-refractivity contribution in [2.45, 2.75) is 225 Å². The van der Waals surface area contributed by atoms with Gasteiger partial charge in [0.1, 0.15) is 0 Å². The molecule has 2 aliphatic carbocycles. The molecule has 0 aromatic carbocycles. The Labute approximate surface area is 328 Å². The summed E-state index contributed by atoms with van der Waals surface area (Å²) in [6, 6.07) is 0. The Balaban J connectivity index is 0.000000553. The normalized spacial score (nSPS) is 22.7. The van der Waals surface area contributed by atoms with Crippen LogP contribution in [0.3, 0.4) is 0 Å². The molecule has 2 rings (SSSR count). The van der Waals surface area contributed by atoms with Crippen molar-refractivity contribution in [1.82, 2.24) is 0 Å². The minimum atomic E-state index is -3.22. The minimum absolute atomic E-state index is 0.0755. The third-order valence-electron chi connectivity index (χ3n) is 11.6. The number of carboxylic acid groups (broad SMARTS) is 1. The number of carboxylic acids is 1. The number of ether oxygens (including phenoxy) is 1. The number of rotatable bonds is 29. The molecular formula is C43H74F4O8. The first kappa shape index (κ1) is 50.9. The maximum Gasteiger partial charge on any atom is 0.306 e. The second-order valence-corrected chi connectivity index (χ2v) is 16.5. The van der Waals surface area contributed by atoms with E-state index in [4.69, 9.17) is 9.84 Å². The van der Waals surface area contributed by atoms with Gasteiger partial charge in [0.15, 0.2) is 0 Å². The van der Waals surface area contributed by atoms with Crippen molar-refractivity contribution in [3.63, 3.8) is 0 Å². The average Bonchev–Trinajstić information content (AvgIpc) is 3.66. The summed E-state index contributed by atoms with van der Waals surface area (Å²) in [7, 11) is 0. The second-order valence-electron chi connectivity index (χ2n) is 16.5. The minimum Gasteiger partial charge on any atom is -0.481 e. The quantitative estimate of drug-likeness (QED) is 0.0386. The topological polar surface area (TPSA) is 138 Å². The first-order valence-corrected chi connectivity index (χ1v) is 21.5. The molecule has 2 aliphatic rings. The third kappa shape index (κ3) is 21.3. The van der Waals surface area contributed by atoms with Crippen molar-refractivity contribution in [2.75, 3.05) is 0 Å². The molecular weight excluding hydrogens is 720 g/mol. The molecule has 8 nitrogen and oxygen atoms in total. The van der Waals surface area contributed by atoms with Crippen molar-refractivity contribution >= 4 is 23.5 Å². The Kier molecular flexibility index (Phi) is 25.5. The lowest BCUT2D eigenvalue weighted by atomic mass is 9.85. The van der Waals surface area contributed by atoms with Crippen molar-refractivity contribution < 1.29 is 56.8 Å². The van der Waals surface area contributed by atoms with Gasteiger partial charge in [0, 0.05) is 38.5 Å². The Hall–Kier alpha value is -2.08. The average molecular weight is 795 g/mol. The summed E-state index contributed by atoms with van der Waals surface area (Å²) in [5.41, 5.74) is 0. The molecule has 0 aromatic heterocycles. The van der Waals surface area contributed by atoms with E-state index >= 15 is 0 Å². The van der Waals surface area contributed by atoms with E-state index in [1.807, 2.05) is 27.7 Å². The van der Waals surface area contributed by atoms with Crippen LogP contribution in [0.1, 0.15) is 195 Å². The van der Waals surface area contributed by atoms with E-state index in [1.165, 1.54) is 0 Å². The van der Waals surface area contributed by atoms with Gasteiger partial charge in [-0.3, -0.25) is 19.2 Å². The monoisotopic (exact) mass is 795 g/mol. The lowest BCUT2D eigenvalue weighted by Gasteiger charge is -2.23. The molecule has 12 heteroatoms. The maximum absolute atomic E-state index is 13.9. The highest BCUT2D eigenvalue weighted by Crippen LogP contribution is 2.41. The number of unbranched alkanes of at least 4 members (excludes halogenated alkanes) is 8. The molecule has 0 amide bonds. The first-order chi connectivity index (χ1) is 25.9. The van der Waals surface area contributed by atoms with Gasteiger partial charge in [-0.15, -0.1) is 0 Å². The predicted octanol–water partition coefficient (Wildman–Crippen LogP) is 10.8. The van der Waals surface area contributed by atoms with Crippen LogP contribution in [0.5, 0.6) is 0 Å². The summed E-state index contributed by atoms with van der Waals surface area (Å²) in [6.07, 6.45) is 13.3. The molecule has 0 spiro atoms. The van der Waals surface area contributed by atoms with Gasteiger partial charge in [0.25, 0.3) is 0 Å². The number of ketones is 2. The molecule has 0 bridgehead atoms. The smallest absolute Gasteiger partial charge is 0.306 e. The van der Waals surface area contributed by atoms with Crippen LogP contribution in [-0.2, 0) is 23.9 Å². The highest BCUT2D eigenvalue weighted by Gasteiger charge is 2.41. The van der Waals surface area contributed by atoms with Gasteiger partial charge in [0.2, 0.25) is 11.6 Å². The molecule has 2 saturated carbocycles. The van der Waals surface area contributed by atoms with Crippen molar-refractivity contribution in [2.24, 2.45) is 23.7 Å². The van der Waals surface area contributed by atoms with Crippen LogP contribution in [-0.4, -0.2) is 69.0 Å². The largest absolute Gasteiger partial charge is 0.481 e. The molecule has 0 aliphatic heterocycles. The van der Waals surface area contributed by atoms with E-state index in [-0.39, 0.29) is 67.8 Å². The fourth-order valence-corrected chi connectivity index (χ4v) is 8.24. The summed E-state index contributed by atoms with van der Waals surface area (Å²) in [4.78, 5) is 45.7. The van der Waals surface area contributed by atoms with Crippen LogP contribution in [0, 0.1) is 23.7 Å². The van der Waals surface area contributed by atoms with Crippen LogP contribution in [0.25, 0.3) is 0 Å².